The lowest BCUT2D eigenvalue weighted by molar-refractivity contribution is 0.261. The van der Waals surface area contributed by atoms with Gasteiger partial charge in [-0.3, -0.25) is 5.32 Å². The molecule has 0 atom stereocenters. The summed E-state index contributed by atoms with van der Waals surface area (Å²) in [6.07, 6.45) is 0. The lowest BCUT2D eigenvalue weighted by Gasteiger charge is -2.04. The molecule has 0 unspecified atom stereocenters. The molecule has 6 nitrogen and oxygen atoms in total. The summed E-state index contributed by atoms with van der Waals surface area (Å²) < 4.78 is 4.99. The van der Waals surface area contributed by atoms with Gasteiger partial charge in [0, 0.05) is 16.3 Å². The third-order valence-corrected chi connectivity index (χ3v) is 3.03. The van der Waals surface area contributed by atoms with Crippen LogP contribution in [0.2, 0.25) is 5.02 Å². The second kappa shape index (κ2) is 6.28. The molecule has 2 amide bonds. The SMILES string of the molecule is O=C(Nc1ccc(Cl)cc1)Nc1nc(-c2ccccc2)no1. The first kappa shape index (κ1) is 14.1. The normalized spacial score (nSPS) is 10.2. The van der Waals surface area contributed by atoms with E-state index in [2.05, 4.69) is 20.8 Å². The van der Waals surface area contributed by atoms with E-state index in [1.54, 1.807) is 24.3 Å². The molecule has 3 rings (SSSR count). The number of carbonyl (C=O) groups excluding carboxylic acids is 1. The Hall–Kier alpha value is -2.86. The van der Waals surface area contributed by atoms with Gasteiger partial charge in [0.1, 0.15) is 0 Å². The van der Waals surface area contributed by atoms with Gasteiger partial charge in [0.25, 0.3) is 0 Å². The molecular weight excluding hydrogens is 304 g/mol. The number of aromatic nitrogens is 2. The van der Waals surface area contributed by atoms with Crippen molar-refractivity contribution in [3.63, 3.8) is 0 Å². The highest BCUT2D eigenvalue weighted by atomic mass is 35.5. The van der Waals surface area contributed by atoms with E-state index in [-0.39, 0.29) is 6.01 Å². The Morgan fingerprint density at radius 3 is 2.45 bits per heavy atom. The Morgan fingerprint density at radius 2 is 1.73 bits per heavy atom. The quantitative estimate of drug-likeness (QED) is 0.764. The van der Waals surface area contributed by atoms with Crippen molar-refractivity contribution in [3.8, 4) is 11.4 Å². The van der Waals surface area contributed by atoms with E-state index in [0.717, 1.165) is 5.56 Å². The number of carbonyl (C=O) groups is 1. The Kier molecular flexibility index (Phi) is 4.02. The van der Waals surface area contributed by atoms with Crippen molar-refractivity contribution >= 4 is 29.3 Å². The average molecular weight is 315 g/mol. The second-order valence-electron chi connectivity index (χ2n) is 4.38. The molecule has 0 spiro atoms. The number of rotatable bonds is 3. The third kappa shape index (κ3) is 3.42. The number of benzene rings is 2. The van der Waals surface area contributed by atoms with E-state index in [4.69, 9.17) is 16.1 Å². The summed E-state index contributed by atoms with van der Waals surface area (Å²) in [4.78, 5) is 15.9. The summed E-state index contributed by atoms with van der Waals surface area (Å²) in [6, 6.07) is 15.6. The van der Waals surface area contributed by atoms with Crippen molar-refractivity contribution in [1.29, 1.82) is 0 Å². The van der Waals surface area contributed by atoms with Gasteiger partial charge in [0.05, 0.1) is 0 Å². The number of nitrogens with zero attached hydrogens (tertiary/aromatic N) is 2. The van der Waals surface area contributed by atoms with Crippen LogP contribution in [0.5, 0.6) is 0 Å². The highest BCUT2D eigenvalue weighted by Gasteiger charge is 2.11. The fraction of sp³-hybridized carbons (Fsp3) is 0. The molecule has 1 aromatic heterocycles. The van der Waals surface area contributed by atoms with Gasteiger partial charge in [0.15, 0.2) is 0 Å². The maximum Gasteiger partial charge on any atom is 0.329 e. The first-order valence-electron chi connectivity index (χ1n) is 6.43. The lowest BCUT2D eigenvalue weighted by Crippen LogP contribution is -2.19. The Bertz CT molecular complexity index is 772. The van der Waals surface area contributed by atoms with E-state index in [9.17, 15) is 4.79 Å². The van der Waals surface area contributed by atoms with Crippen LogP contribution >= 0.6 is 11.6 Å². The molecular formula is C15H11ClN4O2. The summed E-state index contributed by atoms with van der Waals surface area (Å²) in [5, 5.41) is 9.51. The topological polar surface area (TPSA) is 80.0 Å². The first-order valence-corrected chi connectivity index (χ1v) is 6.81. The van der Waals surface area contributed by atoms with Crippen LogP contribution < -0.4 is 10.6 Å². The minimum Gasteiger partial charge on any atom is -0.315 e. The van der Waals surface area contributed by atoms with Crippen LogP contribution in [0.1, 0.15) is 0 Å². The summed E-state index contributed by atoms with van der Waals surface area (Å²) >= 11 is 5.78. The van der Waals surface area contributed by atoms with Gasteiger partial charge in [-0.15, -0.1) is 0 Å². The van der Waals surface area contributed by atoms with Crippen molar-refractivity contribution < 1.29 is 9.32 Å². The van der Waals surface area contributed by atoms with Crippen molar-refractivity contribution in [2.75, 3.05) is 10.6 Å². The van der Waals surface area contributed by atoms with Crippen LogP contribution in [0.25, 0.3) is 11.4 Å². The molecule has 0 radical (unpaired) electrons. The number of amides is 2. The zero-order valence-electron chi connectivity index (χ0n) is 11.3. The predicted molar refractivity (Wildman–Crippen MR) is 83.8 cm³/mol. The van der Waals surface area contributed by atoms with Gasteiger partial charge < -0.3 is 9.84 Å². The highest BCUT2D eigenvalue weighted by molar-refractivity contribution is 6.30. The first-order chi connectivity index (χ1) is 10.7. The number of anilines is 2. The van der Waals surface area contributed by atoms with E-state index in [0.29, 0.717) is 16.5 Å². The average Bonchev–Trinajstić information content (AvgIpc) is 2.99. The van der Waals surface area contributed by atoms with E-state index in [1.165, 1.54) is 0 Å². The maximum absolute atomic E-state index is 11.8. The molecule has 0 saturated heterocycles. The van der Waals surface area contributed by atoms with Crippen LogP contribution in [0.3, 0.4) is 0 Å². The fourth-order valence-corrected chi connectivity index (χ4v) is 1.90. The predicted octanol–water partition coefficient (Wildman–Crippen LogP) is 4.03. The van der Waals surface area contributed by atoms with E-state index in [1.807, 2.05) is 30.3 Å². The largest absolute Gasteiger partial charge is 0.329 e. The van der Waals surface area contributed by atoms with Crippen molar-refractivity contribution in [2.45, 2.75) is 0 Å². The monoisotopic (exact) mass is 314 g/mol. The van der Waals surface area contributed by atoms with Gasteiger partial charge in [-0.1, -0.05) is 47.1 Å². The summed E-state index contributed by atoms with van der Waals surface area (Å²) in [6.45, 7) is 0. The van der Waals surface area contributed by atoms with Gasteiger partial charge in [-0.05, 0) is 24.3 Å². The molecule has 0 aliphatic heterocycles. The number of hydrogen-bond donors (Lipinski definition) is 2. The van der Waals surface area contributed by atoms with Crippen LogP contribution in [0, 0.1) is 0 Å². The van der Waals surface area contributed by atoms with Crippen LogP contribution in [0.4, 0.5) is 16.5 Å². The van der Waals surface area contributed by atoms with Gasteiger partial charge >= 0.3 is 12.0 Å². The van der Waals surface area contributed by atoms with Crippen LogP contribution in [-0.2, 0) is 0 Å². The highest BCUT2D eigenvalue weighted by Crippen LogP contribution is 2.17. The van der Waals surface area contributed by atoms with Crippen molar-refractivity contribution in [1.82, 2.24) is 10.1 Å². The number of hydrogen-bond acceptors (Lipinski definition) is 4. The zero-order chi connectivity index (χ0) is 15.4. The summed E-state index contributed by atoms with van der Waals surface area (Å²) in [5.74, 6) is 0.405. The molecule has 7 heteroatoms. The molecule has 110 valence electrons. The molecule has 22 heavy (non-hydrogen) atoms. The molecule has 0 aliphatic carbocycles. The minimum atomic E-state index is -0.481. The van der Waals surface area contributed by atoms with Crippen LogP contribution in [-0.4, -0.2) is 16.2 Å². The minimum absolute atomic E-state index is 0.0188. The maximum atomic E-state index is 11.8. The Morgan fingerprint density at radius 1 is 1.00 bits per heavy atom. The van der Waals surface area contributed by atoms with Crippen molar-refractivity contribution in [3.05, 3.63) is 59.6 Å². The van der Waals surface area contributed by atoms with Gasteiger partial charge in [-0.25, -0.2) is 4.79 Å². The number of urea groups is 1. The Labute approximate surface area is 131 Å². The number of halogens is 1. The van der Waals surface area contributed by atoms with Gasteiger partial charge in [-0.2, -0.15) is 4.98 Å². The Balaban J connectivity index is 1.65. The smallest absolute Gasteiger partial charge is 0.315 e. The lowest BCUT2D eigenvalue weighted by atomic mass is 10.2. The molecule has 1 heterocycles. The van der Waals surface area contributed by atoms with Gasteiger partial charge in [0.2, 0.25) is 5.82 Å². The standard InChI is InChI=1S/C15H11ClN4O2/c16-11-6-8-12(9-7-11)17-14(21)19-15-18-13(20-22-15)10-4-2-1-3-5-10/h1-9H,(H2,17,18,19,20,21). The third-order valence-electron chi connectivity index (χ3n) is 2.78. The fourth-order valence-electron chi connectivity index (χ4n) is 1.77. The second-order valence-corrected chi connectivity index (χ2v) is 4.81. The van der Waals surface area contributed by atoms with E-state index < -0.39 is 6.03 Å². The molecule has 2 aromatic carbocycles. The molecule has 3 aromatic rings. The van der Waals surface area contributed by atoms with Crippen molar-refractivity contribution in [2.24, 2.45) is 0 Å². The molecule has 2 N–H and O–H groups in total. The number of nitrogens with one attached hydrogen (secondary N) is 2. The summed E-state index contributed by atoms with van der Waals surface area (Å²) in [5.41, 5.74) is 1.40. The molecule has 0 saturated carbocycles. The van der Waals surface area contributed by atoms with E-state index >= 15 is 0 Å². The molecule has 0 fully saturated rings. The summed E-state index contributed by atoms with van der Waals surface area (Å²) in [7, 11) is 0. The molecule has 0 bridgehead atoms. The van der Waals surface area contributed by atoms with Crippen LogP contribution in [0.15, 0.2) is 59.1 Å². The zero-order valence-corrected chi connectivity index (χ0v) is 12.0. The molecule has 0 aliphatic rings.